The van der Waals surface area contributed by atoms with E-state index < -0.39 is 5.97 Å². The minimum atomic E-state index is -0.760. The second-order valence-corrected chi connectivity index (χ2v) is 6.40. The Morgan fingerprint density at radius 1 is 0.875 bits per heavy atom. The first kappa shape index (κ1) is 22.7. The van der Waals surface area contributed by atoms with Gasteiger partial charge in [-0.1, -0.05) is 51.7 Å². The predicted molar refractivity (Wildman–Crippen MR) is 98.0 cm³/mol. The van der Waals surface area contributed by atoms with Gasteiger partial charge in [0.25, 0.3) is 0 Å². The molecular formula is C20H36O4. The van der Waals surface area contributed by atoms with Gasteiger partial charge in [-0.3, -0.25) is 9.59 Å². The zero-order valence-corrected chi connectivity index (χ0v) is 15.6. The number of unbranched alkanes of at least 4 members (excludes halogenated alkanes) is 5. The molecular weight excluding hydrogens is 304 g/mol. The van der Waals surface area contributed by atoms with E-state index in [-0.39, 0.29) is 18.5 Å². The molecule has 0 rings (SSSR count). The van der Waals surface area contributed by atoms with Crippen molar-refractivity contribution in [3.63, 3.8) is 0 Å². The van der Waals surface area contributed by atoms with Crippen LogP contribution in [0.5, 0.6) is 0 Å². The van der Waals surface area contributed by atoms with Crippen molar-refractivity contribution in [3.8, 4) is 0 Å². The van der Waals surface area contributed by atoms with Gasteiger partial charge in [0.2, 0.25) is 0 Å². The third kappa shape index (κ3) is 15.6. The summed E-state index contributed by atoms with van der Waals surface area (Å²) < 4.78 is 5.59. The van der Waals surface area contributed by atoms with Crippen LogP contribution in [-0.2, 0) is 14.3 Å². The summed E-state index contributed by atoms with van der Waals surface area (Å²) in [5, 5.41) is 8.66. The summed E-state index contributed by atoms with van der Waals surface area (Å²) in [5.41, 5.74) is 0. The SMILES string of the molecule is CCCC/C=C\CCCC(=O)OC(CCCC)CCCCC(=O)O. The van der Waals surface area contributed by atoms with Crippen molar-refractivity contribution in [2.24, 2.45) is 0 Å². The third-order valence-electron chi connectivity index (χ3n) is 3.99. The molecule has 24 heavy (non-hydrogen) atoms. The zero-order valence-electron chi connectivity index (χ0n) is 15.6. The lowest BCUT2D eigenvalue weighted by Gasteiger charge is -2.17. The second kappa shape index (κ2) is 16.5. The fourth-order valence-corrected chi connectivity index (χ4v) is 2.51. The van der Waals surface area contributed by atoms with E-state index >= 15 is 0 Å². The number of allylic oxidation sites excluding steroid dienone is 2. The van der Waals surface area contributed by atoms with Crippen LogP contribution in [-0.4, -0.2) is 23.1 Å². The maximum absolute atomic E-state index is 12.0. The van der Waals surface area contributed by atoms with Gasteiger partial charge in [-0.25, -0.2) is 0 Å². The fourth-order valence-electron chi connectivity index (χ4n) is 2.51. The number of hydrogen-bond acceptors (Lipinski definition) is 3. The molecule has 0 aromatic rings. The normalized spacial score (nSPS) is 12.4. The Kier molecular flexibility index (Phi) is 15.6. The van der Waals surface area contributed by atoms with Crippen LogP contribution < -0.4 is 0 Å². The Morgan fingerprint density at radius 2 is 1.50 bits per heavy atom. The van der Waals surface area contributed by atoms with E-state index in [0.29, 0.717) is 12.8 Å². The van der Waals surface area contributed by atoms with Gasteiger partial charge < -0.3 is 9.84 Å². The second-order valence-electron chi connectivity index (χ2n) is 6.40. The Balaban J connectivity index is 3.92. The number of carboxylic acid groups (broad SMARTS) is 1. The maximum Gasteiger partial charge on any atom is 0.306 e. The van der Waals surface area contributed by atoms with Crippen LogP contribution in [0, 0.1) is 0 Å². The summed E-state index contributed by atoms with van der Waals surface area (Å²) in [4.78, 5) is 22.5. The molecule has 0 spiro atoms. The van der Waals surface area contributed by atoms with E-state index in [1.54, 1.807) is 0 Å². The molecule has 0 aliphatic heterocycles. The first-order valence-electron chi connectivity index (χ1n) is 9.66. The first-order valence-corrected chi connectivity index (χ1v) is 9.66. The number of ether oxygens (including phenoxy) is 1. The van der Waals surface area contributed by atoms with Gasteiger partial charge in [-0.05, 0) is 44.9 Å². The predicted octanol–water partition coefficient (Wildman–Crippen LogP) is 5.65. The monoisotopic (exact) mass is 340 g/mol. The molecule has 0 aliphatic rings. The van der Waals surface area contributed by atoms with Gasteiger partial charge in [0.15, 0.2) is 0 Å². The van der Waals surface area contributed by atoms with Crippen molar-refractivity contribution in [1.82, 2.24) is 0 Å². The van der Waals surface area contributed by atoms with E-state index in [4.69, 9.17) is 9.84 Å². The number of carbonyl (C=O) groups is 2. The largest absolute Gasteiger partial charge is 0.481 e. The maximum atomic E-state index is 12.0. The smallest absolute Gasteiger partial charge is 0.306 e. The average molecular weight is 341 g/mol. The first-order chi connectivity index (χ1) is 11.6. The summed E-state index contributed by atoms with van der Waals surface area (Å²) in [6.45, 7) is 4.30. The molecule has 0 bridgehead atoms. The topological polar surface area (TPSA) is 63.6 Å². The van der Waals surface area contributed by atoms with Crippen LogP contribution in [0.3, 0.4) is 0 Å². The number of esters is 1. The molecule has 140 valence electrons. The minimum absolute atomic E-state index is 0.0497. The van der Waals surface area contributed by atoms with E-state index in [2.05, 4.69) is 26.0 Å². The molecule has 0 saturated heterocycles. The molecule has 1 atom stereocenters. The van der Waals surface area contributed by atoms with Crippen molar-refractivity contribution in [2.75, 3.05) is 0 Å². The zero-order chi connectivity index (χ0) is 18.0. The van der Waals surface area contributed by atoms with Crippen LogP contribution in [0.1, 0.15) is 97.3 Å². The van der Waals surface area contributed by atoms with Gasteiger partial charge in [0, 0.05) is 12.8 Å². The fraction of sp³-hybridized carbons (Fsp3) is 0.800. The average Bonchev–Trinajstić information content (AvgIpc) is 2.55. The van der Waals surface area contributed by atoms with E-state index in [1.165, 1.54) is 12.8 Å². The molecule has 0 aliphatic carbocycles. The summed E-state index contributed by atoms with van der Waals surface area (Å²) in [6.07, 6.45) is 15.5. The summed E-state index contributed by atoms with van der Waals surface area (Å²) >= 11 is 0. The number of aliphatic carboxylic acids is 1. The molecule has 0 aromatic carbocycles. The Morgan fingerprint density at radius 3 is 2.12 bits per heavy atom. The highest BCUT2D eigenvalue weighted by molar-refractivity contribution is 5.69. The number of carbonyl (C=O) groups excluding carboxylic acids is 1. The van der Waals surface area contributed by atoms with E-state index in [0.717, 1.165) is 51.4 Å². The molecule has 4 heteroatoms. The minimum Gasteiger partial charge on any atom is -0.481 e. The molecule has 0 heterocycles. The van der Waals surface area contributed by atoms with Gasteiger partial charge in [0.1, 0.15) is 6.10 Å². The lowest BCUT2D eigenvalue weighted by atomic mass is 10.0. The van der Waals surface area contributed by atoms with E-state index in [9.17, 15) is 9.59 Å². The molecule has 1 N–H and O–H groups in total. The highest BCUT2D eigenvalue weighted by Gasteiger charge is 2.14. The van der Waals surface area contributed by atoms with Crippen molar-refractivity contribution in [2.45, 2.75) is 103 Å². The van der Waals surface area contributed by atoms with Gasteiger partial charge >= 0.3 is 11.9 Å². The van der Waals surface area contributed by atoms with Gasteiger partial charge in [0.05, 0.1) is 0 Å². The number of carboxylic acids is 1. The Hall–Kier alpha value is -1.32. The highest BCUT2D eigenvalue weighted by atomic mass is 16.5. The van der Waals surface area contributed by atoms with E-state index in [1.807, 2.05) is 0 Å². The summed E-state index contributed by atoms with van der Waals surface area (Å²) in [7, 11) is 0. The van der Waals surface area contributed by atoms with Crippen molar-refractivity contribution in [3.05, 3.63) is 12.2 Å². The van der Waals surface area contributed by atoms with Crippen molar-refractivity contribution < 1.29 is 19.4 Å². The Bertz CT molecular complexity index is 350. The van der Waals surface area contributed by atoms with Gasteiger partial charge in [-0.15, -0.1) is 0 Å². The third-order valence-corrected chi connectivity index (χ3v) is 3.99. The number of hydrogen-bond donors (Lipinski definition) is 1. The van der Waals surface area contributed by atoms with Gasteiger partial charge in [-0.2, -0.15) is 0 Å². The molecule has 0 fully saturated rings. The standard InChI is InChI=1S/C20H36O4/c1-3-5-7-8-9-10-11-17-20(23)24-18(14-6-4-2)15-12-13-16-19(21)22/h8-9,18H,3-7,10-17H2,1-2H3,(H,21,22)/b9-8-. The molecule has 4 nitrogen and oxygen atoms in total. The Labute approximate surface area is 147 Å². The molecule has 0 aromatic heterocycles. The molecule has 0 saturated carbocycles. The molecule has 0 radical (unpaired) electrons. The highest BCUT2D eigenvalue weighted by Crippen LogP contribution is 2.15. The lowest BCUT2D eigenvalue weighted by Crippen LogP contribution is -2.18. The number of rotatable bonds is 16. The molecule has 1 unspecified atom stereocenters. The summed E-state index contributed by atoms with van der Waals surface area (Å²) in [5.74, 6) is -0.875. The van der Waals surface area contributed by atoms with Crippen molar-refractivity contribution >= 4 is 11.9 Å². The van der Waals surface area contributed by atoms with Crippen LogP contribution >= 0.6 is 0 Å². The van der Waals surface area contributed by atoms with Crippen LogP contribution in [0.25, 0.3) is 0 Å². The quantitative estimate of drug-likeness (QED) is 0.224. The lowest BCUT2D eigenvalue weighted by molar-refractivity contribution is -0.150. The van der Waals surface area contributed by atoms with Crippen molar-refractivity contribution in [1.29, 1.82) is 0 Å². The molecule has 0 amide bonds. The summed E-state index contributed by atoms with van der Waals surface area (Å²) in [6, 6.07) is 0. The van der Waals surface area contributed by atoms with Crippen LogP contribution in [0.4, 0.5) is 0 Å². The van der Waals surface area contributed by atoms with Crippen LogP contribution in [0.15, 0.2) is 12.2 Å². The van der Waals surface area contributed by atoms with Crippen LogP contribution in [0.2, 0.25) is 0 Å².